The van der Waals surface area contributed by atoms with Crippen molar-refractivity contribution in [1.29, 1.82) is 0 Å². The third-order valence-corrected chi connectivity index (χ3v) is 2.41. The molecule has 0 aromatic carbocycles. The van der Waals surface area contributed by atoms with Crippen LogP contribution in [0.15, 0.2) is 18.3 Å². The Bertz CT molecular complexity index is 312. The second-order valence-electron chi connectivity index (χ2n) is 3.17. The number of aromatic nitrogens is 1. The van der Waals surface area contributed by atoms with Gasteiger partial charge in [-0.05, 0) is 24.6 Å². The van der Waals surface area contributed by atoms with E-state index in [1.165, 1.54) is 11.3 Å². The first-order valence-electron chi connectivity index (χ1n) is 4.18. The number of aryl methyl sites for hydroxylation is 1. The molecule has 64 valence electrons. The lowest BCUT2D eigenvalue weighted by molar-refractivity contribution is 0.138. The van der Waals surface area contributed by atoms with Gasteiger partial charge < -0.3 is 9.30 Å². The maximum Gasteiger partial charge on any atom is 0.0823 e. The van der Waals surface area contributed by atoms with E-state index < -0.39 is 0 Å². The van der Waals surface area contributed by atoms with E-state index in [0.29, 0.717) is 0 Å². The second kappa shape index (κ2) is 2.79. The van der Waals surface area contributed by atoms with E-state index in [0.717, 1.165) is 6.42 Å². The van der Waals surface area contributed by atoms with Gasteiger partial charge in [0, 0.05) is 31.6 Å². The molecule has 0 amide bonds. The zero-order valence-electron chi connectivity index (χ0n) is 7.45. The first kappa shape index (κ1) is 7.62. The average Bonchev–Trinajstić information content (AvgIpc) is 2.47. The molecule has 2 heteroatoms. The van der Waals surface area contributed by atoms with Gasteiger partial charge in [-0.15, -0.1) is 0 Å². The molecule has 0 bridgehead atoms. The molecule has 1 aromatic heterocycles. The second-order valence-corrected chi connectivity index (χ2v) is 3.17. The van der Waals surface area contributed by atoms with Crippen molar-refractivity contribution >= 4 is 6.20 Å². The SMILES string of the molecule is COC1C=Cn2ccc(C)c2C1. The van der Waals surface area contributed by atoms with Gasteiger partial charge in [0.05, 0.1) is 6.10 Å². The summed E-state index contributed by atoms with van der Waals surface area (Å²) < 4.78 is 7.43. The van der Waals surface area contributed by atoms with E-state index >= 15 is 0 Å². The molecule has 2 rings (SSSR count). The van der Waals surface area contributed by atoms with E-state index in [2.05, 4.69) is 36.0 Å². The molecule has 0 fully saturated rings. The van der Waals surface area contributed by atoms with Crippen LogP contribution in [0.25, 0.3) is 6.20 Å². The summed E-state index contributed by atoms with van der Waals surface area (Å²) in [5.74, 6) is 0. The van der Waals surface area contributed by atoms with Crippen molar-refractivity contribution in [2.75, 3.05) is 7.11 Å². The number of fused-ring (bicyclic) bond motifs is 1. The molecule has 12 heavy (non-hydrogen) atoms. The van der Waals surface area contributed by atoms with Crippen molar-refractivity contribution in [3.05, 3.63) is 29.6 Å². The summed E-state index contributed by atoms with van der Waals surface area (Å²) in [6, 6.07) is 2.14. The van der Waals surface area contributed by atoms with E-state index in [-0.39, 0.29) is 6.10 Å². The number of methoxy groups -OCH3 is 1. The molecule has 0 N–H and O–H groups in total. The van der Waals surface area contributed by atoms with Crippen LogP contribution >= 0.6 is 0 Å². The molecular weight excluding hydrogens is 150 g/mol. The van der Waals surface area contributed by atoms with Crippen LogP contribution < -0.4 is 0 Å². The van der Waals surface area contributed by atoms with Crippen molar-refractivity contribution in [2.24, 2.45) is 0 Å². The molecule has 0 spiro atoms. The monoisotopic (exact) mass is 163 g/mol. The van der Waals surface area contributed by atoms with Crippen molar-refractivity contribution in [2.45, 2.75) is 19.4 Å². The van der Waals surface area contributed by atoms with Gasteiger partial charge in [-0.25, -0.2) is 0 Å². The van der Waals surface area contributed by atoms with Gasteiger partial charge in [0.2, 0.25) is 0 Å². The fraction of sp³-hybridized carbons (Fsp3) is 0.400. The summed E-state index contributed by atoms with van der Waals surface area (Å²) in [6.07, 6.45) is 7.50. The van der Waals surface area contributed by atoms with Crippen LogP contribution in [0, 0.1) is 6.92 Å². The zero-order valence-corrected chi connectivity index (χ0v) is 7.45. The Morgan fingerprint density at radius 3 is 3.17 bits per heavy atom. The van der Waals surface area contributed by atoms with E-state index in [1.54, 1.807) is 7.11 Å². The first-order chi connectivity index (χ1) is 5.81. The van der Waals surface area contributed by atoms with Gasteiger partial charge in [-0.2, -0.15) is 0 Å². The van der Waals surface area contributed by atoms with Crippen LogP contribution in [-0.2, 0) is 11.2 Å². The van der Waals surface area contributed by atoms with Crippen molar-refractivity contribution in [3.8, 4) is 0 Å². The number of hydrogen-bond acceptors (Lipinski definition) is 1. The molecule has 1 unspecified atom stereocenters. The van der Waals surface area contributed by atoms with Crippen LogP contribution in [0.1, 0.15) is 11.3 Å². The Labute approximate surface area is 72.5 Å². The fourth-order valence-corrected chi connectivity index (χ4v) is 1.60. The van der Waals surface area contributed by atoms with Crippen LogP contribution in [0.2, 0.25) is 0 Å². The molecule has 1 aliphatic heterocycles. The molecule has 2 heterocycles. The quantitative estimate of drug-likeness (QED) is 0.616. The summed E-state index contributed by atoms with van der Waals surface area (Å²) in [4.78, 5) is 0. The Balaban J connectivity index is 2.35. The lowest BCUT2D eigenvalue weighted by Gasteiger charge is -2.17. The summed E-state index contributed by atoms with van der Waals surface area (Å²) in [5, 5.41) is 0. The van der Waals surface area contributed by atoms with Crippen molar-refractivity contribution < 1.29 is 4.74 Å². The smallest absolute Gasteiger partial charge is 0.0823 e. The largest absolute Gasteiger partial charge is 0.377 e. The maximum atomic E-state index is 5.27. The molecule has 0 aliphatic carbocycles. The Morgan fingerprint density at radius 2 is 2.42 bits per heavy atom. The first-order valence-corrected chi connectivity index (χ1v) is 4.18. The zero-order chi connectivity index (χ0) is 8.55. The predicted octanol–water partition coefficient (Wildman–Crippen LogP) is 1.84. The minimum absolute atomic E-state index is 0.256. The predicted molar refractivity (Wildman–Crippen MR) is 49.0 cm³/mol. The molecule has 2 nitrogen and oxygen atoms in total. The van der Waals surface area contributed by atoms with Crippen LogP contribution in [0.3, 0.4) is 0 Å². The highest BCUT2D eigenvalue weighted by Gasteiger charge is 2.14. The number of ether oxygens (including phenoxy) is 1. The van der Waals surface area contributed by atoms with Crippen molar-refractivity contribution in [1.82, 2.24) is 4.57 Å². The summed E-state index contributed by atoms with van der Waals surface area (Å²) >= 11 is 0. The summed E-state index contributed by atoms with van der Waals surface area (Å²) in [5.41, 5.74) is 2.71. The molecule has 0 radical (unpaired) electrons. The maximum absolute atomic E-state index is 5.27. The van der Waals surface area contributed by atoms with Gasteiger partial charge in [0.25, 0.3) is 0 Å². The summed E-state index contributed by atoms with van der Waals surface area (Å²) in [7, 11) is 1.75. The normalized spacial score (nSPS) is 21.0. The molecule has 1 atom stereocenters. The third-order valence-electron chi connectivity index (χ3n) is 2.41. The highest BCUT2D eigenvalue weighted by molar-refractivity contribution is 5.38. The highest BCUT2D eigenvalue weighted by Crippen LogP contribution is 2.18. The molecule has 0 saturated heterocycles. The van der Waals surface area contributed by atoms with Gasteiger partial charge in [-0.3, -0.25) is 0 Å². The topological polar surface area (TPSA) is 14.2 Å². The average molecular weight is 163 g/mol. The fourth-order valence-electron chi connectivity index (χ4n) is 1.60. The Kier molecular flexibility index (Phi) is 1.77. The number of rotatable bonds is 1. The third kappa shape index (κ3) is 1.08. The highest BCUT2D eigenvalue weighted by atomic mass is 16.5. The number of hydrogen-bond donors (Lipinski definition) is 0. The van der Waals surface area contributed by atoms with E-state index in [4.69, 9.17) is 4.74 Å². The Morgan fingerprint density at radius 1 is 1.58 bits per heavy atom. The minimum Gasteiger partial charge on any atom is -0.377 e. The summed E-state index contributed by atoms with van der Waals surface area (Å²) in [6.45, 7) is 2.14. The molecule has 1 aliphatic rings. The lowest BCUT2D eigenvalue weighted by Crippen LogP contribution is -2.17. The minimum atomic E-state index is 0.256. The van der Waals surface area contributed by atoms with Crippen LogP contribution in [0.5, 0.6) is 0 Å². The van der Waals surface area contributed by atoms with Crippen LogP contribution in [-0.4, -0.2) is 17.8 Å². The molecule has 0 saturated carbocycles. The Hall–Kier alpha value is -1.02. The number of nitrogens with zero attached hydrogens (tertiary/aromatic N) is 1. The molecular formula is C10H13NO. The van der Waals surface area contributed by atoms with E-state index in [9.17, 15) is 0 Å². The van der Waals surface area contributed by atoms with Gasteiger partial charge in [0.1, 0.15) is 0 Å². The van der Waals surface area contributed by atoms with Gasteiger partial charge in [-0.1, -0.05) is 0 Å². The molecule has 1 aromatic rings. The van der Waals surface area contributed by atoms with Gasteiger partial charge >= 0.3 is 0 Å². The lowest BCUT2D eigenvalue weighted by atomic mass is 10.1. The standard InChI is InChI=1S/C10H13NO/c1-8-3-5-11-6-4-9(12-2)7-10(8)11/h3-6,9H,7H2,1-2H3. The van der Waals surface area contributed by atoms with Crippen molar-refractivity contribution in [3.63, 3.8) is 0 Å². The van der Waals surface area contributed by atoms with Gasteiger partial charge in [0.15, 0.2) is 0 Å². The van der Waals surface area contributed by atoms with E-state index in [1.807, 2.05) is 0 Å². The van der Waals surface area contributed by atoms with Crippen LogP contribution in [0.4, 0.5) is 0 Å².